The molecule has 0 saturated carbocycles. The molecule has 5 nitrogen and oxygen atoms in total. The number of cyclic esters (lactones) is 1. The molecule has 112 valence electrons. The Balaban J connectivity index is 1.84. The summed E-state index contributed by atoms with van der Waals surface area (Å²) in [5.41, 5.74) is 5.90. The molecule has 0 radical (unpaired) electrons. The quantitative estimate of drug-likeness (QED) is 0.461. The van der Waals surface area contributed by atoms with E-state index in [0.717, 1.165) is 22.3 Å². The molecule has 0 amide bonds. The van der Waals surface area contributed by atoms with E-state index in [4.69, 9.17) is 4.74 Å². The highest BCUT2D eigenvalue weighted by atomic mass is 16.6. The minimum atomic E-state index is -0.392. The number of nitro groups is 1. The first-order chi connectivity index (χ1) is 11.2. The topological polar surface area (TPSA) is 69.4 Å². The summed E-state index contributed by atoms with van der Waals surface area (Å²) in [5, 5.41) is 11.1. The summed E-state index contributed by atoms with van der Waals surface area (Å²) in [4.78, 5) is 23.0. The molecule has 2 aromatic rings. The van der Waals surface area contributed by atoms with E-state index in [1.165, 1.54) is 5.56 Å². The normalized spacial score (nSPS) is 23.2. The summed E-state index contributed by atoms with van der Waals surface area (Å²) in [5.74, 6) is -0.578. The second kappa shape index (κ2) is 4.07. The van der Waals surface area contributed by atoms with Gasteiger partial charge in [-0.2, -0.15) is 0 Å². The SMILES string of the molecule is O=C1OCC2=C1[C@@H]1c3ccccc3[C@H]2c2ccc([N+](=O)[O-])cc21. The van der Waals surface area contributed by atoms with Crippen molar-refractivity contribution in [1.29, 1.82) is 0 Å². The van der Waals surface area contributed by atoms with Crippen LogP contribution >= 0.6 is 0 Å². The van der Waals surface area contributed by atoms with E-state index in [-0.39, 0.29) is 23.5 Å². The molecule has 0 aromatic heterocycles. The third-order valence-corrected chi connectivity index (χ3v) is 5.08. The summed E-state index contributed by atoms with van der Waals surface area (Å²) < 4.78 is 5.27. The number of nitrogens with zero attached hydrogens (tertiary/aromatic N) is 1. The average molecular weight is 305 g/mol. The lowest BCUT2D eigenvalue weighted by atomic mass is 9.61. The minimum absolute atomic E-state index is 0.0338. The van der Waals surface area contributed by atoms with Crippen LogP contribution in [0.5, 0.6) is 0 Å². The van der Waals surface area contributed by atoms with E-state index in [1.54, 1.807) is 12.1 Å². The van der Waals surface area contributed by atoms with Crippen molar-refractivity contribution in [2.24, 2.45) is 0 Å². The van der Waals surface area contributed by atoms with Gasteiger partial charge >= 0.3 is 5.97 Å². The molecule has 23 heavy (non-hydrogen) atoms. The Hall–Kier alpha value is -2.95. The fraction of sp³-hybridized carbons (Fsp3) is 0.167. The van der Waals surface area contributed by atoms with Gasteiger partial charge in [0.2, 0.25) is 0 Å². The van der Waals surface area contributed by atoms with Gasteiger partial charge < -0.3 is 4.74 Å². The van der Waals surface area contributed by atoms with Gasteiger partial charge in [-0.3, -0.25) is 10.1 Å². The molecule has 0 fully saturated rings. The number of carbonyl (C=O) groups is 1. The summed E-state index contributed by atoms with van der Waals surface area (Å²) in [6, 6.07) is 13.0. The Morgan fingerprint density at radius 2 is 1.70 bits per heavy atom. The molecule has 1 aliphatic heterocycles. The number of nitro benzene ring substituents is 1. The van der Waals surface area contributed by atoms with E-state index in [1.807, 2.05) is 24.3 Å². The van der Waals surface area contributed by atoms with E-state index >= 15 is 0 Å². The summed E-state index contributed by atoms with van der Waals surface area (Å²) in [6.45, 7) is 0.320. The van der Waals surface area contributed by atoms with Crippen LogP contribution in [0.3, 0.4) is 0 Å². The molecule has 0 unspecified atom stereocenters. The fourth-order valence-electron chi connectivity index (χ4n) is 4.22. The number of ether oxygens (including phenoxy) is 1. The Morgan fingerprint density at radius 1 is 1.00 bits per heavy atom. The number of carbonyl (C=O) groups excluding carboxylic acids is 1. The van der Waals surface area contributed by atoms with Crippen molar-refractivity contribution >= 4 is 11.7 Å². The first-order valence-corrected chi connectivity index (χ1v) is 7.44. The predicted molar refractivity (Wildman–Crippen MR) is 81.2 cm³/mol. The zero-order valence-corrected chi connectivity index (χ0v) is 12.0. The standard InChI is InChI=1S/C18H11NO4/c20-18-17-14(8-23-18)15-10-3-1-2-4-11(10)16(17)13-7-9(19(21)22)5-6-12(13)15/h1-7,15-16H,8H2/t15-,16+/m0/s1. The smallest absolute Gasteiger partial charge is 0.335 e. The summed E-state index contributed by atoms with van der Waals surface area (Å²) in [6.07, 6.45) is 0. The van der Waals surface area contributed by atoms with Crippen molar-refractivity contribution in [3.05, 3.63) is 86.0 Å². The number of rotatable bonds is 1. The Morgan fingerprint density at radius 3 is 2.43 bits per heavy atom. The highest BCUT2D eigenvalue weighted by Crippen LogP contribution is 2.57. The molecule has 2 atom stereocenters. The molecule has 5 heteroatoms. The third-order valence-electron chi connectivity index (χ3n) is 5.08. The lowest BCUT2D eigenvalue weighted by Crippen LogP contribution is -2.28. The first kappa shape index (κ1) is 12.6. The van der Waals surface area contributed by atoms with E-state index in [2.05, 4.69) is 6.07 Å². The maximum absolute atomic E-state index is 12.2. The molecule has 6 rings (SSSR count). The zero-order valence-electron chi connectivity index (χ0n) is 12.0. The van der Waals surface area contributed by atoms with Gasteiger partial charge in [-0.05, 0) is 27.8 Å². The molecule has 4 aliphatic rings. The van der Waals surface area contributed by atoms with Crippen LogP contribution in [0.2, 0.25) is 0 Å². The van der Waals surface area contributed by atoms with Gasteiger partial charge in [-0.1, -0.05) is 30.3 Å². The van der Waals surface area contributed by atoms with Crippen LogP contribution in [-0.2, 0) is 9.53 Å². The van der Waals surface area contributed by atoms with Gasteiger partial charge in [0.15, 0.2) is 0 Å². The highest BCUT2D eigenvalue weighted by molar-refractivity contribution is 5.97. The van der Waals surface area contributed by atoms with Crippen molar-refractivity contribution in [3.8, 4) is 0 Å². The summed E-state index contributed by atoms with van der Waals surface area (Å²) in [7, 11) is 0. The van der Waals surface area contributed by atoms with Crippen LogP contribution in [0.1, 0.15) is 34.1 Å². The van der Waals surface area contributed by atoms with Crippen molar-refractivity contribution in [2.45, 2.75) is 11.8 Å². The van der Waals surface area contributed by atoms with Gasteiger partial charge in [-0.25, -0.2) is 4.79 Å². The fourth-order valence-corrected chi connectivity index (χ4v) is 4.22. The number of hydrogen-bond acceptors (Lipinski definition) is 4. The maximum Gasteiger partial charge on any atom is 0.335 e. The van der Waals surface area contributed by atoms with Crippen LogP contribution in [0.4, 0.5) is 5.69 Å². The van der Waals surface area contributed by atoms with Gasteiger partial charge in [0, 0.05) is 24.0 Å². The molecule has 0 saturated heterocycles. The van der Waals surface area contributed by atoms with Crippen molar-refractivity contribution in [2.75, 3.05) is 6.61 Å². The Bertz CT molecular complexity index is 944. The second-order valence-electron chi connectivity index (χ2n) is 6.08. The monoisotopic (exact) mass is 305 g/mol. The first-order valence-electron chi connectivity index (χ1n) is 7.44. The molecule has 3 aliphatic carbocycles. The summed E-state index contributed by atoms with van der Waals surface area (Å²) >= 11 is 0. The molecule has 2 aromatic carbocycles. The lowest BCUT2D eigenvalue weighted by Gasteiger charge is -2.39. The van der Waals surface area contributed by atoms with E-state index in [9.17, 15) is 14.9 Å². The van der Waals surface area contributed by atoms with E-state index in [0.29, 0.717) is 12.2 Å². The highest BCUT2D eigenvalue weighted by Gasteiger charge is 2.48. The molecule has 2 bridgehead atoms. The van der Waals surface area contributed by atoms with Gasteiger partial charge in [0.05, 0.1) is 10.5 Å². The Kier molecular flexibility index (Phi) is 2.23. The largest absolute Gasteiger partial charge is 0.458 e. The van der Waals surface area contributed by atoms with Crippen molar-refractivity contribution in [1.82, 2.24) is 0 Å². The van der Waals surface area contributed by atoms with Crippen molar-refractivity contribution in [3.63, 3.8) is 0 Å². The molecular weight excluding hydrogens is 294 g/mol. The Labute approximate surface area is 131 Å². The molecule has 0 spiro atoms. The number of esters is 1. The third kappa shape index (κ3) is 1.44. The van der Waals surface area contributed by atoms with Gasteiger partial charge in [-0.15, -0.1) is 0 Å². The van der Waals surface area contributed by atoms with Crippen LogP contribution in [0, 0.1) is 10.1 Å². The average Bonchev–Trinajstić information content (AvgIpc) is 2.96. The molecule has 0 N–H and O–H groups in total. The lowest BCUT2D eigenvalue weighted by molar-refractivity contribution is -0.384. The maximum atomic E-state index is 12.2. The molecular formula is C18H11NO4. The number of non-ortho nitro benzene ring substituents is 1. The van der Waals surface area contributed by atoms with Gasteiger partial charge in [0.1, 0.15) is 6.61 Å². The number of benzene rings is 2. The van der Waals surface area contributed by atoms with Crippen LogP contribution in [0.15, 0.2) is 53.6 Å². The van der Waals surface area contributed by atoms with Crippen LogP contribution in [-0.4, -0.2) is 17.5 Å². The predicted octanol–water partition coefficient (Wildman–Crippen LogP) is 3.04. The van der Waals surface area contributed by atoms with Gasteiger partial charge in [0.25, 0.3) is 5.69 Å². The van der Waals surface area contributed by atoms with E-state index < -0.39 is 4.92 Å². The minimum Gasteiger partial charge on any atom is -0.458 e. The second-order valence-corrected chi connectivity index (χ2v) is 6.08. The van der Waals surface area contributed by atoms with Crippen molar-refractivity contribution < 1.29 is 14.5 Å². The number of hydrogen-bond donors (Lipinski definition) is 0. The van der Waals surface area contributed by atoms with Crippen LogP contribution in [0.25, 0.3) is 0 Å². The van der Waals surface area contributed by atoms with Crippen LogP contribution < -0.4 is 0 Å². The molecule has 1 heterocycles. The zero-order chi connectivity index (χ0) is 15.7.